The van der Waals surface area contributed by atoms with E-state index >= 15 is 0 Å². The Labute approximate surface area is 160 Å². The first kappa shape index (κ1) is 18.7. The molecule has 1 atom stereocenters. The standard InChI is InChI=1S/C21H25Cl2NO/c1-20(23,17-7-9-19(22)10-8-17)11-14-24-15-12-21(25,13-16-24)18-5-3-2-4-6-18/h2-10,25H,11-16H2,1H3. The van der Waals surface area contributed by atoms with E-state index in [1.54, 1.807) is 0 Å². The topological polar surface area (TPSA) is 23.5 Å². The molecule has 1 N–H and O–H groups in total. The molecule has 1 unspecified atom stereocenters. The first-order valence-corrected chi connectivity index (χ1v) is 9.60. The summed E-state index contributed by atoms with van der Waals surface area (Å²) in [6.07, 6.45) is 2.38. The molecular weight excluding hydrogens is 353 g/mol. The van der Waals surface area contributed by atoms with E-state index in [1.165, 1.54) is 0 Å². The number of halogens is 2. The first-order chi connectivity index (χ1) is 11.9. The second-order valence-corrected chi connectivity index (χ2v) is 8.46. The van der Waals surface area contributed by atoms with Crippen molar-refractivity contribution in [2.45, 2.75) is 36.7 Å². The minimum atomic E-state index is -0.696. The Morgan fingerprint density at radius 2 is 1.64 bits per heavy atom. The molecule has 0 aliphatic carbocycles. The van der Waals surface area contributed by atoms with Crippen LogP contribution in [0.3, 0.4) is 0 Å². The Morgan fingerprint density at radius 3 is 2.24 bits per heavy atom. The smallest absolute Gasteiger partial charge is 0.0920 e. The van der Waals surface area contributed by atoms with E-state index in [4.69, 9.17) is 23.2 Å². The van der Waals surface area contributed by atoms with Crippen molar-refractivity contribution in [1.29, 1.82) is 0 Å². The van der Waals surface area contributed by atoms with Gasteiger partial charge < -0.3 is 10.0 Å². The van der Waals surface area contributed by atoms with Crippen LogP contribution in [0.2, 0.25) is 5.02 Å². The van der Waals surface area contributed by atoms with Crippen LogP contribution in [-0.2, 0) is 10.5 Å². The van der Waals surface area contributed by atoms with E-state index in [9.17, 15) is 5.11 Å². The maximum absolute atomic E-state index is 10.9. The molecule has 25 heavy (non-hydrogen) atoms. The summed E-state index contributed by atoms with van der Waals surface area (Å²) < 4.78 is 0. The molecule has 0 aromatic heterocycles. The van der Waals surface area contributed by atoms with Crippen molar-refractivity contribution in [2.75, 3.05) is 19.6 Å². The number of rotatable bonds is 5. The summed E-state index contributed by atoms with van der Waals surface area (Å²) in [5, 5.41) is 11.7. The van der Waals surface area contributed by atoms with Crippen molar-refractivity contribution in [2.24, 2.45) is 0 Å². The van der Waals surface area contributed by atoms with Crippen molar-refractivity contribution < 1.29 is 5.11 Å². The highest BCUT2D eigenvalue weighted by Crippen LogP contribution is 2.35. The van der Waals surface area contributed by atoms with Gasteiger partial charge in [-0.3, -0.25) is 0 Å². The average Bonchev–Trinajstić information content (AvgIpc) is 2.62. The third kappa shape index (κ3) is 4.57. The number of aliphatic hydroxyl groups is 1. The molecule has 0 bridgehead atoms. The highest BCUT2D eigenvalue weighted by atomic mass is 35.5. The molecule has 3 rings (SSSR count). The number of benzene rings is 2. The molecule has 1 aliphatic heterocycles. The van der Waals surface area contributed by atoms with Gasteiger partial charge in [0.2, 0.25) is 0 Å². The summed E-state index contributed by atoms with van der Waals surface area (Å²) in [7, 11) is 0. The largest absolute Gasteiger partial charge is 0.385 e. The Bertz CT molecular complexity index is 677. The molecule has 134 valence electrons. The van der Waals surface area contributed by atoms with E-state index in [1.807, 2.05) is 54.6 Å². The Kier molecular flexibility index (Phi) is 5.75. The van der Waals surface area contributed by atoms with E-state index < -0.39 is 10.5 Å². The van der Waals surface area contributed by atoms with Crippen LogP contribution < -0.4 is 0 Å². The molecule has 1 saturated heterocycles. The maximum atomic E-state index is 10.9. The average molecular weight is 378 g/mol. The fourth-order valence-electron chi connectivity index (χ4n) is 3.49. The molecule has 0 amide bonds. The zero-order valence-corrected chi connectivity index (χ0v) is 16.1. The van der Waals surface area contributed by atoms with Crippen LogP contribution in [0.4, 0.5) is 0 Å². The fourth-order valence-corrected chi connectivity index (χ4v) is 3.83. The first-order valence-electron chi connectivity index (χ1n) is 8.84. The van der Waals surface area contributed by atoms with Gasteiger partial charge in [0.15, 0.2) is 0 Å². The second-order valence-electron chi connectivity index (χ2n) is 7.19. The van der Waals surface area contributed by atoms with Crippen LogP contribution >= 0.6 is 23.2 Å². The molecule has 1 heterocycles. The third-order valence-corrected chi connectivity index (χ3v) is 6.00. The normalized spacial score (nSPS) is 20.2. The molecule has 1 aliphatic rings. The van der Waals surface area contributed by atoms with Gasteiger partial charge in [-0.15, -0.1) is 11.6 Å². The van der Waals surface area contributed by atoms with Crippen molar-refractivity contribution in [3.05, 3.63) is 70.7 Å². The molecule has 0 spiro atoms. The lowest BCUT2D eigenvalue weighted by atomic mass is 9.84. The fraction of sp³-hybridized carbons (Fsp3) is 0.429. The molecule has 2 aromatic carbocycles. The van der Waals surface area contributed by atoms with Crippen LogP contribution in [0, 0.1) is 0 Å². The third-order valence-electron chi connectivity index (χ3n) is 5.34. The van der Waals surface area contributed by atoms with Crippen molar-refractivity contribution in [3.63, 3.8) is 0 Å². The molecule has 0 radical (unpaired) electrons. The molecule has 0 saturated carbocycles. The number of alkyl halides is 1. The van der Waals surface area contributed by atoms with Crippen LogP contribution in [0.1, 0.15) is 37.3 Å². The quantitative estimate of drug-likeness (QED) is 0.726. The van der Waals surface area contributed by atoms with Crippen molar-refractivity contribution in [1.82, 2.24) is 4.90 Å². The van der Waals surface area contributed by atoms with Gasteiger partial charge in [-0.25, -0.2) is 0 Å². The Hall–Kier alpha value is -1.06. The van der Waals surface area contributed by atoms with Gasteiger partial charge >= 0.3 is 0 Å². The number of hydrogen-bond acceptors (Lipinski definition) is 2. The van der Waals surface area contributed by atoms with E-state index in [0.717, 1.165) is 55.0 Å². The van der Waals surface area contributed by atoms with Crippen LogP contribution in [0.5, 0.6) is 0 Å². The summed E-state index contributed by atoms with van der Waals surface area (Å²) in [5.74, 6) is 0. The Morgan fingerprint density at radius 1 is 1.04 bits per heavy atom. The van der Waals surface area contributed by atoms with Gasteiger partial charge in [-0.1, -0.05) is 54.1 Å². The zero-order chi connectivity index (χ0) is 17.9. The minimum absolute atomic E-state index is 0.405. The number of hydrogen-bond donors (Lipinski definition) is 1. The number of nitrogens with zero attached hydrogens (tertiary/aromatic N) is 1. The predicted octanol–water partition coefficient (Wildman–Crippen LogP) is 5.17. The zero-order valence-electron chi connectivity index (χ0n) is 14.6. The van der Waals surface area contributed by atoms with Gasteiger partial charge in [0, 0.05) is 24.7 Å². The lowest BCUT2D eigenvalue weighted by Crippen LogP contribution is -2.43. The number of likely N-dealkylation sites (tertiary alicyclic amines) is 1. The highest BCUT2D eigenvalue weighted by Gasteiger charge is 2.34. The lowest BCUT2D eigenvalue weighted by molar-refractivity contribution is -0.0264. The SMILES string of the molecule is CC(Cl)(CCN1CCC(O)(c2ccccc2)CC1)c1ccc(Cl)cc1. The molecule has 1 fully saturated rings. The molecule has 2 nitrogen and oxygen atoms in total. The van der Waals surface area contributed by atoms with Crippen molar-refractivity contribution >= 4 is 23.2 Å². The Balaban J connectivity index is 1.55. The monoisotopic (exact) mass is 377 g/mol. The second kappa shape index (κ2) is 7.67. The van der Waals surface area contributed by atoms with Gasteiger partial charge in [-0.05, 0) is 49.4 Å². The summed E-state index contributed by atoms with van der Waals surface area (Å²) >= 11 is 12.7. The van der Waals surface area contributed by atoms with Gasteiger partial charge in [0.1, 0.15) is 0 Å². The van der Waals surface area contributed by atoms with Crippen LogP contribution in [0.15, 0.2) is 54.6 Å². The maximum Gasteiger partial charge on any atom is 0.0920 e. The number of piperidine rings is 1. The summed E-state index contributed by atoms with van der Waals surface area (Å²) in [5.41, 5.74) is 1.42. The molecule has 4 heteroatoms. The van der Waals surface area contributed by atoms with Crippen LogP contribution in [0.25, 0.3) is 0 Å². The predicted molar refractivity (Wildman–Crippen MR) is 105 cm³/mol. The van der Waals surface area contributed by atoms with Gasteiger partial charge in [-0.2, -0.15) is 0 Å². The molecular formula is C21H25Cl2NO. The summed E-state index contributed by atoms with van der Waals surface area (Å²) in [6, 6.07) is 17.8. The van der Waals surface area contributed by atoms with Gasteiger partial charge in [0.05, 0.1) is 10.5 Å². The lowest BCUT2D eigenvalue weighted by Gasteiger charge is -2.39. The van der Waals surface area contributed by atoms with Crippen LogP contribution in [-0.4, -0.2) is 29.6 Å². The molecule has 2 aromatic rings. The summed E-state index contributed by atoms with van der Waals surface area (Å²) in [4.78, 5) is 1.99. The van der Waals surface area contributed by atoms with E-state index in [-0.39, 0.29) is 0 Å². The van der Waals surface area contributed by atoms with E-state index in [0.29, 0.717) is 0 Å². The summed E-state index contributed by atoms with van der Waals surface area (Å²) in [6.45, 7) is 4.76. The van der Waals surface area contributed by atoms with E-state index in [2.05, 4.69) is 11.8 Å². The van der Waals surface area contributed by atoms with Crippen molar-refractivity contribution in [3.8, 4) is 0 Å². The van der Waals surface area contributed by atoms with Gasteiger partial charge in [0.25, 0.3) is 0 Å². The highest BCUT2D eigenvalue weighted by molar-refractivity contribution is 6.30. The minimum Gasteiger partial charge on any atom is -0.385 e.